The molecule has 3 aromatic heterocycles. The van der Waals surface area contributed by atoms with Crippen molar-refractivity contribution in [3.05, 3.63) is 48.1 Å². The Balaban J connectivity index is 1.42. The van der Waals surface area contributed by atoms with Crippen molar-refractivity contribution < 1.29 is 13.2 Å². The molecule has 1 saturated heterocycles. The summed E-state index contributed by atoms with van der Waals surface area (Å²) in [5, 5.41) is 0. The fourth-order valence-electron chi connectivity index (χ4n) is 4.54. The summed E-state index contributed by atoms with van der Waals surface area (Å²) in [5.41, 5.74) is 5.83. The molecule has 11 heteroatoms. The average molecular weight is 509 g/mol. The molecule has 1 aliphatic heterocycles. The number of rotatable bonds is 7. The lowest BCUT2D eigenvalue weighted by atomic mass is 10.2. The van der Waals surface area contributed by atoms with E-state index >= 15 is 0 Å². The third kappa shape index (κ3) is 3.94. The second kappa shape index (κ2) is 8.83. The quantitative estimate of drug-likeness (QED) is 0.354. The summed E-state index contributed by atoms with van der Waals surface area (Å²) in [6.07, 6.45) is 3.62. The van der Waals surface area contributed by atoms with Gasteiger partial charge in [-0.3, -0.25) is 0 Å². The van der Waals surface area contributed by atoms with Crippen LogP contribution in [0.15, 0.2) is 53.0 Å². The van der Waals surface area contributed by atoms with E-state index in [0.29, 0.717) is 43.3 Å². The third-order valence-corrected chi connectivity index (χ3v) is 9.06. The maximum atomic E-state index is 13.1. The summed E-state index contributed by atoms with van der Waals surface area (Å²) in [6, 6.07) is 11.2. The van der Waals surface area contributed by atoms with Gasteiger partial charge in [0.25, 0.3) is 0 Å². The van der Waals surface area contributed by atoms with E-state index in [-0.39, 0.29) is 4.90 Å². The van der Waals surface area contributed by atoms with Crippen molar-refractivity contribution in [3.8, 4) is 22.9 Å². The number of benzene rings is 2. The van der Waals surface area contributed by atoms with Crippen molar-refractivity contribution in [1.82, 2.24) is 28.8 Å². The first-order valence-electron chi connectivity index (χ1n) is 11.4. The van der Waals surface area contributed by atoms with Crippen molar-refractivity contribution in [3.63, 3.8) is 0 Å². The summed E-state index contributed by atoms with van der Waals surface area (Å²) in [5.74, 6) is 1.38. The highest BCUT2D eigenvalue weighted by atomic mass is 32.2. The normalized spacial score (nSPS) is 15.0. The molecular formula is C24H24N6O3S2. The zero-order chi connectivity index (χ0) is 24.0. The summed E-state index contributed by atoms with van der Waals surface area (Å²) in [6.45, 7) is 2.19. The number of sulfonamides is 1. The molecular weight excluding hydrogens is 484 g/mol. The fourth-order valence-corrected chi connectivity index (χ4v) is 6.74. The molecule has 5 aromatic rings. The number of fused-ring (bicyclic) bond motifs is 2. The Bertz CT molecular complexity index is 1630. The van der Waals surface area contributed by atoms with Crippen LogP contribution in [0, 0.1) is 0 Å². The van der Waals surface area contributed by atoms with E-state index in [1.54, 1.807) is 34.9 Å². The highest BCUT2D eigenvalue weighted by Crippen LogP contribution is 2.30. The molecule has 0 atom stereocenters. The van der Waals surface area contributed by atoms with Crippen molar-refractivity contribution in [2.45, 2.75) is 24.3 Å². The van der Waals surface area contributed by atoms with Gasteiger partial charge in [0.05, 0.1) is 38.3 Å². The van der Waals surface area contributed by atoms with Crippen LogP contribution in [0.5, 0.6) is 0 Å². The number of nitrogens with zero attached hydrogens (tertiary/aromatic N) is 5. The molecule has 9 nitrogen and oxygen atoms in total. The van der Waals surface area contributed by atoms with Gasteiger partial charge < -0.3 is 14.3 Å². The molecule has 0 aliphatic carbocycles. The molecule has 2 aromatic carbocycles. The first kappa shape index (κ1) is 22.4. The molecule has 0 bridgehead atoms. The van der Waals surface area contributed by atoms with Gasteiger partial charge in [-0.05, 0) is 49.2 Å². The van der Waals surface area contributed by atoms with Crippen molar-refractivity contribution in [2.24, 2.45) is 0 Å². The van der Waals surface area contributed by atoms with Gasteiger partial charge in [-0.2, -0.15) is 4.31 Å². The van der Waals surface area contributed by atoms with E-state index in [0.717, 1.165) is 40.0 Å². The average Bonchev–Trinajstić information content (AvgIpc) is 3.67. The minimum Gasteiger partial charge on any atom is -0.383 e. The van der Waals surface area contributed by atoms with Gasteiger partial charge in [0.1, 0.15) is 11.5 Å². The van der Waals surface area contributed by atoms with Crippen LogP contribution < -0.4 is 0 Å². The molecule has 4 heterocycles. The third-order valence-electron chi connectivity index (χ3n) is 6.35. The van der Waals surface area contributed by atoms with E-state index in [1.807, 2.05) is 40.5 Å². The van der Waals surface area contributed by atoms with E-state index in [1.165, 1.54) is 0 Å². The van der Waals surface area contributed by atoms with Gasteiger partial charge in [-0.25, -0.2) is 23.4 Å². The summed E-state index contributed by atoms with van der Waals surface area (Å²) in [4.78, 5) is 17.6. The number of hydrogen-bond donors (Lipinski definition) is 1. The molecule has 6 rings (SSSR count). The van der Waals surface area contributed by atoms with Gasteiger partial charge in [0.15, 0.2) is 5.82 Å². The van der Waals surface area contributed by atoms with Crippen LogP contribution in [0.3, 0.4) is 0 Å². The predicted octanol–water partition coefficient (Wildman–Crippen LogP) is 4.13. The lowest BCUT2D eigenvalue weighted by Crippen LogP contribution is -2.27. The van der Waals surface area contributed by atoms with Gasteiger partial charge in [-0.15, -0.1) is 11.3 Å². The van der Waals surface area contributed by atoms with Crippen LogP contribution in [0.4, 0.5) is 0 Å². The first-order valence-corrected chi connectivity index (χ1v) is 13.8. The van der Waals surface area contributed by atoms with Gasteiger partial charge in [0.2, 0.25) is 10.0 Å². The molecule has 0 amide bonds. The Labute approximate surface area is 206 Å². The van der Waals surface area contributed by atoms with Gasteiger partial charge in [-0.1, -0.05) is 0 Å². The first-order chi connectivity index (χ1) is 17.0. The maximum absolute atomic E-state index is 13.1. The molecule has 0 saturated carbocycles. The minimum absolute atomic E-state index is 0.272. The number of nitrogens with one attached hydrogen (secondary N) is 1. The highest BCUT2D eigenvalue weighted by Gasteiger charge is 2.28. The monoisotopic (exact) mass is 508 g/mol. The zero-order valence-electron chi connectivity index (χ0n) is 19.1. The Morgan fingerprint density at radius 1 is 1.09 bits per heavy atom. The number of aromatic nitrogens is 5. The number of ether oxygens (including phenoxy) is 1. The maximum Gasteiger partial charge on any atom is 0.243 e. The fraction of sp³-hybridized carbons (Fsp3) is 0.292. The van der Waals surface area contributed by atoms with E-state index in [4.69, 9.17) is 14.7 Å². The zero-order valence-corrected chi connectivity index (χ0v) is 20.8. The van der Waals surface area contributed by atoms with Crippen LogP contribution in [0.2, 0.25) is 0 Å². The number of imidazole rings is 2. The largest absolute Gasteiger partial charge is 0.383 e. The molecule has 35 heavy (non-hydrogen) atoms. The SMILES string of the molecule is COCCn1c(-c2c[nH]c(-c3ccc4scnc4c3)n2)nc2cc(S(=O)(=O)N3CCCC3)ccc21. The molecule has 0 unspecified atom stereocenters. The van der Waals surface area contributed by atoms with Crippen molar-refractivity contribution in [1.29, 1.82) is 0 Å². The highest BCUT2D eigenvalue weighted by molar-refractivity contribution is 7.89. The summed E-state index contributed by atoms with van der Waals surface area (Å²) < 4.78 is 36.2. The molecule has 0 spiro atoms. The number of hydrogen-bond acceptors (Lipinski definition) is 7. The molecule has 0 radical (unpaired) electrons. The van der Waals surface area contributed by atoms with Crippen LogP contribution in [0.1, 0.15) is 12.8 Å². The second-order valence-electron chi connectivity index (χ2n) is 8.51. The van der Waals surface area contributed by atoms with E-state index in [9.17, 15) is 8.42 Å². The van der Waals surface area contributed by atoms with E-state index in [2.05, 4.69) is 9.97 Å². The molecule has 180 valence electrons. The lowest BCUT2D eigenvalue weighted by molar-refractivity contribution is 0.188. The number of H-pyrrole nitrogens is 1. The minimum atomic E-state index is -3.53. The van der Waals surface area contributed by atoms with E-state index < -0.39 is 10.0 Å². The Morgan fingerprint density at radius 3 is 2.77 bits per heavy atom. The summed E-state index contributed by atoms with van der Waals surface area (Å²) in [7, 11) is -1.87. The number of thiazole rings is 1. The number of methoxy groups -OCH3 is 1. The molecule has 1 N–H and O–H groups in total. The standard InChI is InChI=1S/C24H24N6O3S2/c1-33-11-10-30-21-6-5-17(35(31,32)29-8-2-3-9-29)13-18(21)28-24(30)20-14-25-23(27-20)16-4-7-22-19(12-16)26-15-34-22/h4-7,12-15H,2-3,8-11H2,1H3,(H,25,27). The smallest absolute Gasteiger partial charge is 0.243 e. The Kier molecular flexibility index (Phi) is 5.64. The van der Waals surface area contributed by atoms with Crippen LogP contribution in [0.25, 0.3) is 44.2 Å². The van der Waals surface area contributed by atoms with Crippen LogP contribution in [-0.2, 0) is 21.3 Å². The topological polar surface area (TPSA) is 106 Å². The Morgan fingerprint density at radius 2 is 1.94 bits per heavy atom. The van der Waals surface area contributed by atoms with Gasteiger partial charge in [0, 0.05) is 38.5 Å². The van der Waals surface area contributed by atoms with Crippen molar-refractivity contribution >= 4 is 42.6 Å². The Hall–Kier alpha value is -3.12. The van der Waals surface area contributed by atoms with Crippen LogP contribution in [-0.4, -0.2) is 64.0 Å². The second-order valence-corrected chi connectivity index (χ2v) is 11.3. The predicted molar refractivity (Wildman–Crippen MR) is 136 cm³/mol. The summed E-state index contributed by atoms with van der Waals surface area (Å²) >= 11 is 1.60. The van der Waals surface area contributed by atoms with Crippen molar-refractivity contribution in [2.75, 3.05) is 26.8 Å². The lowest BCUT2D eigenvalue weighted by Gasteiger charge is -2.15. The van der Waals surface area contributed by atoms with Gasteiger partial charge >= 0.3 is 0 Å². The molecule has 1 fully saturated rings. The van der Waals surface area contributed by atoms with Crippen LogP contribution >= 0.6 is 11.3 Å². The number of aromatic amines is 1. The molecule has 1 aliphatic rings.